The number of hydrogen-bond acceptors (Lipinski definition) is 3. The third kappa shape index (κ3) is 5.76. The zero-order valence-electron chi connectivity index (χ0n) is 17.8. The maximum atomic E-state index is 13.5. The number of halogens is 3. The number of piperidine rings is 1. The molecule has 0 bridgehead atoms. The van der Waals surface area contributed by atoms with Crippen molar-refractivity contribution in [3.63, 3.8) is 0 Å². The summed E-state index contributed by atoms with van der Waals surface area (Å²) in [7, 11) is 1.92. The fourth-order valence-corrected chi connectivity index (χ4v) is 4.05. The van der Waals surface area contributed by atoms with E-state index >= 15 is 0 Å². The van der Waals surface area contributed by atoms with Crippen LogP contribution in [0.2, 0.25) is 0 Å². The summed E-state index contributed by atoms with van der Waals surface area (Å²) in [4.78, 5) is 17.1. The van der Waals surface area contributed by atoms with Gasteiger partial charge in [0, 0.05) is 30.8 Å². The van der Waals surface area contributed by atoms with Gasteiger partial charge in [-0.2, -0.15) is 0 Å². The fourth-order valence-electron chi connectivity index (χ4n) is 4.05. The molecule has 8 heteroatoms. The summed E-state index contributed by atoms with van der Waals surface area (Å²) < 4.78 is 15.5. The highest BCUT2D eigenvalue weighted by Crippen LogP contribution is 2.28. The lowest BCUT2D eigenvalue weighted by Gasteiger charge is -2.22. The molecule has 1 aliphatic rings. The van der Waals surface area contributed by atoms with Gasteiger partial charge in [0.25, 0.3) is 0 Å². The van der Waals surface area contributed by atoms with Gasteiger partial charge in [0.1, 0.15) is 11.6 Å². The topological polar surface area (TPSA) is 59.0 Å². The summed E-state index contributed by atoms with van der Waals surface area (Å²) in [6, 6.07) is 10.5. The monoisotopic (exact) mass is 466 g/mol. The highest BCUT2D eigenvalue weighted by molar-refractivity contribution is 5.92. The summed E-state index contributed by atoms with van der Waals surface area (Å²) in [6.45, 7) is 4.08. The quantitative estimate of drug-likeness (QED) is 0.539. The smallest absolute Gasteiger partial charge is 0.224 e. The van der Waals surface area contributed by atoms with Crippen molar-refractivity contribution < 1.29 is 9.18 Å². The number of nitrogens with one attached hydrogen (secondary N) is 2. The molecule has 3 aromatic rings. The molecule has 2 heterocycles. The van der Waals surface area contributed by atoms with Gasteiger partial charge in [-0.1, -0.05) is 12.1 Å². The highest BCUT2D eigenvalue weighted by Gasteiger charge is 2.16. The zero-order chi connectivity index (χ0) is 20.4. The minimum atomic E-state index is -0.298. The van der Waals surface area contributed by atoms with Crippen LogP contribution in [-0.4, -0.2) is 28.5 Å². The molecule has 5 nitrogen and oxygen atoms in total. The third-order valence-electron chi connectivity index (χ3n) is 5.85. The molecule has 1 aliphatic heterocycles. The Kier molecular flexibility index (Phi) is 8.86. The SMILES string of the molecule is Cc1ccc(-c2nc3cc(F)ccc3n2C)cc1NC(=O)CCC1CCNCC1.Cl.Cl. The van der Waals surface area contributed by atoms with Crippen molar-refractivity contribution in [2.45, 2.75) is 32.6 Å². The van der Waals surface area contributed by atoms with Crippen LogP contribution in [0.3, 0.4) is 0 Å². The Labute approximate surface area is 194 Å². The van der Waals surface area contributed by atoms with E-state index in [4.69, 9.17) is 0 Å². The molecule has 2 N–H and O–H groups in total. The predicted octanol–water partition coefficient (Wildman–Crippen LogP) is 5.25. The van der Waals surface area contributed by atoms with Crippen LogP contribution >= 0.6 is 24.8 Å². The predicted molar refractivity (Wildman–Crippen MR) is 129 cm³/mol. The van der Waals surface area contributed by atoms with Gasteiger partial charge >= 0.3 is 0 Å². The zero-order valence-corrected chi connectivity index (χ0v) is 19.4. The largest absolute Gasteiger partial charge is 0.327 e. The molecule has 168 valence electrons. The molecule has 0 spiro atoms. The van der Waals surface area contributed by atoms with Crippen LogP contribution in [0.25, 0.3) is 22.4 Å². The second-order valence-electron chi connectivity index (χ2n) is 7.94. The minimum Gasteiger partial charge on any atom is -0.327 e. The Hall–Kier alpha value is -2.15. The van der Waals surface area contributed by atoms with Gasteiger partial charge in [0.2, 0.25) is 5.91 Å². The molecule has 0 saturated carbocycles. The first-order chi connectivity index (χ1) is 14.0. The van der Waals surface area contributed by atoms with Gasteiger partial charge < -0.3 is 15.2 Å². The van der Waals surface area contributed by atoms with Gasteiger partial charge in [-0.15, -0.1) is 24.8 Å². The minimum absolute atomic E-state index is 0. The molecule has 31 heavy (non-hydrogen) atoms. The number of carbonyl (C=O) groups excluding carboxylic acids is 1. The van der Waals surface area contributed by atoms with Crippen molar-refractivity contribution in [2.75, 3.05) is 18.4 Å². The standard InChI is InChI=1S/C23H27FN4O.2ClH/c1-15-3-5-17(23-27-20-14-18(24)6-7-21(20)28(23)2)13-19(15)26-22(29)8-4-16-9-11-25-12-10-16;;/h3,5-7,13-14,16,25H,4,8-12H2,1-2H3,(H,26,29);2*1H. The Bertz CT molecular complexity index is 1050. The molecule has 1 amide bonds. The number of anilines is 1. The molecular formula is C23H29Cl2FN4O. The van der Waals surface area contributed by atoms with Gasteiger partial charge in [-0.25, -0.2) is 9.37 Å². The number of carbonyl (C=O) groups is 1. The van der Waals surface area contributed by atoms with Crippen molar-refractivity contribution in [1.29, 1.82) is 0 Å². The van der Waals surface area contributed by atoms with Gasteiger partial charge in [-0.05, 0) is 69.0 Å². The van der Waals surface area contributed by atoms with Gasteiger partial charge in [-0.3, -0.25) is 4.79 Å². The number of imidazole rings is 1. The molecule has 4 rings (SSSR count). The molecule has 0 atom stereocenters. The van der Waals surface area contributed by atoms with Crippen LogP contribution in [0.15, 0.2) is 36.4 Å². The normalized spacial score (nSPS) is 14.0. The average molecular weight is 467 g/mol. The number of nitrogens with zero attached hydrogens (tertiary/aromatic N) is 2. The molecule has 0 aliphatic carbocycles. The maximum absolute atomic E-state index is 13.5. The Morgan fingerprint density at radius 1 is 1.19 bits per heavy atom. The van der Waals surface area contributed by atoms with Crippen LogP contribution in [-0.2, 0) is 11.8 Å². The van der Waals surface area contributed by atoms with E-state index in [1.807, 2.05) is 36.7 Å². The Morgan fingerprint density at radius 2 is 1.94 bits per heavy atom. The lowest BCUT2D eigenvalue weighted by atomic mass is 9.93. The van der Waals surface area contributed by atoms with E-state index in [1.54, 1.807) is 6.07 Å². The molecule has 1 aromatic heterocycles. The maximum Gasteiger partial charge on any atom is 0.224 e. The van der Waals surface area contributed by atoms with Crippen LogP contribution in [0.5, 0.6) is 0 Å². The first-order valence-corrected chi connectivity index (χ1v) is 10.2. The van der Waals surface area contributed by atoms with Crippen LogP contribution < -0.4 is 10.6 Å². The second-order valence-corrected chi connectivity index (χ2v) is 7.94. The molecular weight excluding hydrogens is 438 g/mol. The van der Waals surface area contributed by atoms with Crippen molar-refractivity contribution in [3.05, 3.63) is 47.8 Å². The van der Waals surface area contributed by atoms with Crippen LogP contribution in [0.4, 0.5) is 10.1 Å². The van der Waals surface area contributed by atoms with E-state index in [1.165, 1.54) is 12.1 Å². The van der Waals surface area contributed by atoms with E-state index < -0.39 is 0 Å². The molecule has 1 fully saturated rings. The van der Waals surface area contributed by atoms with Gasteiger partial charge in [0.05, 0.1) is 11.0 Å². The lowest BCUT2D eigenvalue weighted by Crippen LogP contribution is -2.28. The second kappa shape index (κ2) is 10.9. The van der Waals surface area contributed by atoms with Crippen molar-refractivity contribution in [3.8, 4) is 11.4 Å². The van der Waals surface area contributed by atoms with Gasteiger partial charge in [0.15, 0.2) is 0 Å². The molecule has 0 radical (unpaired) electrons. The number of benzene rings is 2. The molecule has 1 saturated heterocycles. The van der Waals surface area contributed by atoms with E-state index in [9.17, 15) is 9.18 Å². The van der Waals surface area contributed by atoms with Crippen LogP contribution in [0, 0.1) is 18.7 Å². The summed E-state index contributed by atoms with van der Waals surface area (Å²) in [5.74, 6) is 1.13. The summed E-state index contributed by atoms with van der Waals surface area (Å²) in [5.41, 5.74) is 4.19. The Morgan fingerprint density at radius 3 is 2.68 bits per heavy atom. The van der Waals surface area contributed by atoms with Crippen molar-refractivity contribution >= 4 is 47.4 Å². The van der Waals surface area contributed by atoms with E-state index in [2.05, 4.69) is 15.6 Å². The lowest BCUT2D eigenvalue weighted by molar-refractivity contribution is -0.116. The van der Waals surface area contributed by atoms with Crippen molar-refractivity contribution in [1.82, 2.24) is 14.9 Å². The number of fused-ring (bicyclic) bond motifs is 1. The first-order valence-electron chi connectivity index (χ1n) is 10.2. The number of aryl methyl sites for hydroxylation is 2. The van der Waals surface area contributed by atoms with Crippen molar-refractivity contribution in [2.24, 2.45) is 13.0 Å². The third-order valence-corrected chi connectivity index (χ3v) is 5.85. The Balaban J connectivity index is 0.00000171. The number of hydrogen-bond donors (Lipinski definition) is 2. The van der Waals surface area contributed by atoms with E-state index in [0.717, 1.165) is 60.5 Å². The van der Waals surface area contributed by atoms with Crippen LogP contribution in [0.1, 0.15) is 31.2 Å². The summed E-state index contributed by atoms with van der Waals surface area (Å²) >= 11 is 0. The average Bonchev–Trinajstić information content (AvgIpc) is 3.04. The summed E-state index contributed by atoms with van der Waals surface area (Å²) in [5, 5.41) is 6.43. The highest BCUT2D eigenvalue weighted by atomic mass is 35.5. The number of amides is 1. The fraction of sp³-hybridized carbons (Fsp3) is 0.391. The number of aromatic nitrogens is 2. The molecule has 0 unspecified atom stereocenters. The molecule has 2 aromatic carbocycles. The first kappa shape index (κ1) is 25.1. The van der Waals surface area contributed by atoms with E-state index in [-0.39, 0.29) is 36.5 Å². The number of rotatable bonds is 5. The van der Waals surface area contributed by atoms with E-state index in [0.29, 0.717) is 17.9 Å². The summed E-state index contributed by atoms with van der Waals surface area (Å²) in [6.07, 6.45) is 3.77.